The monoisotopic (exact) mass is 474 g/mol. The largest absolute Gasteiger partial charge is 0.480 e. The summed E-state index contributed by atoms with van der Waals surface area (Å²) in [5.41, 5.74) is 3.38. The minimum Gasteiger partial charge on any atom is -0.480 e. The molecule has 0 bridgehead atoms. The van der Waals surface area contributed by atoms with Crippen LogP contribution in [0.4, 0.5) is 0 Å². The molecule has 0 spiro atoms. The third kappa shape index (κ3) is 5.34. The minimum atomic E-state index is -0.979. The van der Waals surface area contributed by atoms with E-state index < -0.39 is 18.0 Å². The van der Waals surface area contributed by atoms with Gasteiger partial charge >= 0.3 is 11.9 Å². The maximum Gasteiger partial charge on any atom is 0.335 e. The number of carboxylic acid groups (broad SMARTS) is 2. The van der Waals surface area contributed by atoms with Gasteiger partial charge in [0.1, 0.15) is 6.04 Å². The predicted octanol–water partition coefficient (Wildman–Crippen LogP) is 5.23. The van der Waals surface area contributed by atoms with Gasteiger partial charge in [-0.3, -0.25) is 4.79 Å². The van der Waals surface area contributed by atoms with E-state index in [1.165, 1.54) is 0 Å². The van der Waals surface area contributed by atoms with Gasteiger partial charge in [0, 0.05) is 23.4 Å². The lowest BCUT2D eigenvalue weighted by molar-refractivity contribution is -0.154. The fourth-order valence-corrected chi connectivity index (χ4v) is 4.91. The zero-order chi connectivity index (χ0) is 25.1. The highest BCUT2D eigenvalue weighted by molar-refractivity contribution is 5.89. The van der Waals surface area contributed by atoms with Crippen LogP contribution in [0.3, 0.4) is 0 Å². The van der Waals surface area contributed by atoms with E-state index in [1.807, 2.05) is 44.2 Å². The second-order valence-corrected chi connectivity index (χ2v) is 9.58. The highest BCUT2D eigenvalue weighted by Gasteiger charge is 2.36. The summed E-state index contributed by atoms with van der Waals surface area (Å²) >= 11 is 0. The number of rotatable bonds is 8. The van der Waals surface area contributed by atoms with Gasteiger partial charge in [0.15, 0.2) is 0 Å². The molecule has 0 saturated heterocycles. The van der Waals surface area contributed by atoms with Crippen molar-refractivity contribution in [1.82, 2.24) is 9.88 Å². The summed E-state index contributed by atoms with van der Waals surface area (Å²) in [6.45, 7) is 3.91. The number of aliphatic carboxylic acids is 1. The van der Waals surface area contributed by atoms with E-state index in [0.717, 1.165) is 53.4 Å². The maximum absolute atomic E-state index is 13.3. The van der Waals surface area contributed by atoms with Gasteiger partial charge in [-0.15, -0.1) is 0 Å². The lowest BCUT2D eigenvalue weighted by Crippen LogP contribution is -2.49. The van der Waals surface area contributed by atoms with Crippen LogP contribution in [-0.2, 0) is 16.1 Å². The second-order valence-electron chi connectivity index (χ2n) is 9.58. The standard InChI is InChI=1S/C28H30N2O5/c1-17(2)25(28(34)35)30(26(31)20-5-3-4-6-20)16-18-7-13-24-22(15-18)12-14-23(29-24)19-8-10-21(11-9-19)27(32)33/h7-15,17,20,25H,3-6,16H2,1-2H3,(H,32,33)(H,34,35). The van der Waals surface area contributed by atoms with Gasteiger partial charge in [0.25, 0.3) is 0 Å². The molecule has 1 aromatic heterocycles. The lowest BCUT2D eigenvalue weighted by atomic mass is 9.97. The Labute approximate surface area is 204 Å². The zero-order valence-corrected chi connectivity index (χ0v) is 20.0. The molecule has 35 heavy (non-hydrogen) atoms. The molecule has 4 rings (SSSR count). The molecule has 2 aromatic carbocycles. The zero-order valence-electron chi connectivity index (χ0n) is 20.0. The number of benzene rings is 2. The van der Waals surface area contributed by atoms with Crippen LogP contribution in [0.15, 0.2) is 54.6 Å². The number of aromatic nitrogens is 1. The van der Waals surface area contributed by atoms with Gasteiger partial charge in [-0.05, 0) is 54.7 Å². The van der Waals surface area contributed by atoms with Gasteiger partial charge in [-0.25, -0.2) is 14.6 Å². The van der Waals surface area contributed by atoms with E-state index in [-0.39, 0.29) is 29.9 Å². The van der Waals surface area contributed by atoms with E-state index >= 15 is 0 Å². The Morgan fingerprint density at radius 3 is 2.26 bits per heavy atom. The number of hydrogen-bond acceptors (Lipinski definition) is 4. The Hall–Kier alpha value is -3.74. The van der Waals surface area contributed by atoms with Crippen LogP contribution in [0.2, 0.25) is 0 Å². The van der Waals surface area contributed by atoms with Crippen molar-refractivity contribution in [3.8, 4) is 11.3 Å². The summed E-state index contributed by atoms with van der Waals surface area (Å²) in [7, 11) is 0. The molecule has 2 N–H and O–H groups in total. The van der Waals surface area contributed by atoms with Crippen molar-refractivity contribution in [2.75, 3.05) is 0 Å². The van der Waals surface area contributed by atoms with Crippen molar-refractivity contribution < 1.29 is 24.6 Å². The van der Waals surface area contributed by atoms with Gasteiger partial charge in [-0.1, -0.05) is 51.0 Å². The maximum atomic E-state index is 13.3. The highest BCUT2D eigenvalue weighted by atomic mass is 16.4. The number of amides is 1. The number of carbonyl (C=O) groups excluding carboxylic acids is 1. The van der Waals surface area contributed by atoms with Gasteiger partial charge < -0.3 is 15.1 Å². The van der Waals surface area contributed by atoms with E-state index in [4.69, 9.17) is 10.1 Å². The average Bonchev–Trinajstić information content (AvgIpc) is 3.37. The number of hydrogen-bond donors (Lipinski definition) is 2. The second kappa shape index (κ2) is 10.3. The number of carboxylic acids is 2. The molecule has 1 amide bonds. The summed E-state index contributed by atoms with van der Waals surface area (Å²) in [6, 6.07) is 15.2. The average molecular weight is 475 g/mol. The number of pyridine rings is 1. The molecule has 7 heteroatoms. The molecule has 0 aliphatic heterocycles. The molecule has 1 fully saturated rings. The first kappa shape index (κ1) is 24.4. The topological polar surface area (TPSA) is 108 Å². The number of nitrogens with zero attached hydrogens (tertiary/aromatic N) is 2. The van der Waals surface area contributed by atoms with Crippen LogP contribution in [0.1, 0.15) is 55.5 Å². The molecule has 1 atom stereocenters. The Morgan fingerprint density at radius 1 is 0.971 bits per heavy atom. The van der Waals surface area contributed by atoms with E-state index in [2.05, 4.69) is 0 Å². The molecular weight excluding hydrogens is 444 g/mol. The van der Waals surface area contributed by atoms with Crippen LogP contribution >= 0.6 is 0 Å². The smallest absolute Gasteiger partial charge is 0.335 e. The van der Waals surface area contributed by atoms with E-state index in [0.29, 0.717) is 0 Å². The van der Waals surface area contributed by atoms with E-state index in [1.54, 1.807) is 29.2 Å². The minimum absolute atomic E-state index is 0.0676. The number of carbonyl (C=O) groups is 3. The van der Waals surface area contributed by atoms with Gasteiger partial charge in [0.2, 0.25) is 5.91 Å². The highest BCUT2D eigenvalue weighted by Crippen LogP contribution is 2.30. The Kier molecular flexibility index (Phi) is 7.15. The van der Waals surface area contributed by atoms with Crippen molar-refractivity contribution in [3.05, 3.63) is 65.7 Å². The molecule has 3 aromatic rings. The normalized spacial score (nSPS) is 14.8. The van der Waals surface area contributed by atoms with Crippen LogP contribution in [0.25, 0.3) is 22.2 Å². The first-order valence-corrected chi connectivity index (χ1v) is 12.0. The van der Waals surface area contributed by atoms with Crippen molar-refractivity contribution in [1.29, 1.82) is 0 Å². The SMILES string of the molecule is CC(C)C(C(=O)O)N(Cc1ccc2nc(-c3ccc(C(=O)O)cc3)ccc2c1)C(=O)C1CCCC1. The summed E-state index contributed by atoms with van der Waals surface area (Å²) in [5, 5.41) is 19.9. The summed E-state index contributed by atoms with van der Waals surface area (Å²) < 4.78 is 0. The Morgan fingerprint density at radius 2 is 1.66 bits per heavy atom. The Bertz CT molecular complexity index is 1250. The molecule has 182 valence electrons. The van der Waals surface area contributed by atoms with Crippen molar-refractivity contribution in [2.24, 2.45) is 11.8 Å². The number of fused-ring (bicyclic) bond motifs is 1. The van der Waals surface area contributed by atoms with Crippen LogP contribution in [0.5, 0.6) is 0 Å². The van der Waals surface area contributed by atoms with Crippen LogP contribution in [-0.4, -0.2) is 44.0 Å². The van der Waals surface area contributed by atoms with Gasteiger partial charge in [0.05, 0.1) is 16.8 Å². The first-order valence-electron chi connectivity index (χ1n) is 12.0. The third-order valence-electron chi connectivity index (χ3n) is 6.74. The summed E-state index contributed by atoms with van der Waals surface area (Å²) in [4.78, 5) is 42.8. The molecule has 7 nitrogen and oxygen atoms in total. The van der Waals surface area contributed by atoms with E-state index in [9.17, 15) is 19.5 Å². The number of aromatic carboxylic acids is 1. The van der Waals surface area contributed by atoms with Crippen molar-refractivity contribution in [2.45, 2.75) is 52.1 Å². The lowest BCUT2D eigenvalue weighted by Gasteiger charge is -2.33. The molecule has 1 unspecified atom stereocenters. The van der Waals surface area contributed by atoms with Gasteiger partial charge in [-0.2, -0.15) is 0 Å². The van der Waals surface area contributed by atoms with Crippen molar-refractivity contribution >= 4 is 28.7 Å². The summed E-state index contributed by atoms with van der Waals surface area (Å²) in [5.74, 6) is -2.34. The Balaban J connectivity index is 1.62. The molecule has 1 saturated carbocycles. The third-order valence-corrected chi connectivity index (χ3v) is 6.74. The molecule has 1 heterocycles. The fraction of sp³-hybridized carbons (Fsp3) is 0.357. The molecule has 1 aliphatic rings. The van der Waals surface area contributed by atoms with Crippen LogP contribution in [0, 0.1) is 11.8 Å². The predicted molar refractivity (Wildman–Crippen MR) is 133 cm³/mol. The molecule has 0 radical (unpaired) electrons. The molecule has 1 aliphatic carbocycles. The molecular formula is C28H30N2O5. The quantitative estimate of drug-likeness (QED) is 0.463. The van der Waals surface area contributed by atoms with Crippen molar-refractivity contribution in [3.63, 3.8) is 0 Å². The summed E-state index contributed by atoms with van der Waals surface area (Å²) in [6.07, 6.45) is 3.65. The first-order chi connectivity index (χ1) is 16.7. The van der Waals surface area contributed by atoms with Crippen LogP contribution < -0.4 is 0 Å². The fourth-order valence-electron chi connectivity index (χ4n) is 4.91.